The molecule has 1 atom stereocenters. The monoisotopic (exact) mass is 301 g/mol. The zero-order valence-corrected chi connectivity index (χ0v) is 12.5. The Bertz CT molecular complexity index is 232. The first-order valence-electron chi connectivity index (χ1n) is 5.63. The smallest absolute Gasteiger partial charge is 0.240 e. The lowest BCUT2D eigenvalue weighted by molar-refractivity contribution is -0.134. The molecule has 102 valence electrons. The lowest BCUT2D eigenvalue weighted by Gasteiger charge is -2.35. The lowest BCUT2D eigenvalue weighted by atomic mass is 10.2. The van der Waals surface area contributed by atoms with Crippen LogP contribution in [0.4, 0.5) is 0 Å². The van der Waals surface area contributed by atoms with Gasteiger partial charge < -0.3 is 9.80 Å². The molecule has 2 aliphatic heterocycles. The molecule has 0 aromatic rings. The van der Waals surface area contributed by atoms with Crippen LogP contribution >= 0.6 is 36.6 Å². The molecule has 0 aliphatic carbocycles. The summed E-state index contributed by atoms with van der Waals surface area (Å²) in [6.07, 6.45) is 0. The van der Waals surface area contributed by atoms with Crippen LogP contribution in [-0.2, 0) is 4.79 Å². The largest absolute Gasteiger partial charge is 0.339 e. The molecule has 0 spiro atoms. The molecule has 0 aromatic heterocycles. The van der Waals surface area contributed by atoms with Gasteiger partial charge in [-0.05, 0) is 6.54 Å². The third kappa shape index (κ3) is 4.48. The van der Waals surface area contributed by atoms with Crippen molar-refractivity contribution in [1.82, 2.24) is 15.1 Å². The summed E-state index contributed by atoms with van der Waals surface area (Å²) in [6, 6.07) is 0.0724. The number of carbonyl (C=O) groups excluding carboxylic acids is 1. The summed E-state index contributed by atoms with van der Waals surface area (Å²) in [5.74, 6) is 2.16. The van der Waals surface area contributed by atoms with Gasteiger partial charge in [0.2, 0.25) is 5.91 Å². The molecule has 2 heterocycles. The summed E-state index contributed by atoms with van der Waals surface area (Å²) >= 11 is 1.81. The summed E-state index contributed by atoms with van der Waals surface area (Å²) in [5, 5.41) is 3.24. The maximum Gasteiger partial charge on any atom is 0.240 e. The van der Waals surface area contributed by atoms with Crippen molar-refractivity contribution in [3.63, 3.8) is 0 Å². The fraction of sp³-hybridized carbons (Fsp3) is 0.900. The highest BCUT2D eigenvalue weighted by Crippen LogP contribution is 2.13. The number of piperazine rings is 1. The van der Waals surface area contributed by atoms with E-state index in [2.05, 4.69) is 17.1 Å². The minimum atomic E-state index is 0. The average molecular weight is 302 g/mol. The molecule has 2 aliphatic rings. The molecule has 2 rings (SSSR count). The van der Waals surface area contributed by atoms with Crippen molar-refractivity contribution in [2.45, 2.75) is 13.0 Å². The van der Waals surface area contributed by atoms with Crippen LogP contribution in [0.3, 0.4) is 0 Å². The predicted octanol–water partition coefficient (Wildman–Crippen LogP) is 0.657. The minimum absolute atomic E-state index is 0. The zero-order valence-electron chi connectivity index (χ0n) is 10.1. The Labute approximate surface area is 120 Å². The van der Waals surface area contributed by atoms with Gasteiger partial charge in [0.05, 0.1) is 6.04 Å². The van der Waals surface area contributed by atoms with Gasteiger partial charge in [0, 0.05) is 37.8 Å². The molecule has 0 radical (unpaired) electrons. The maximum atomic E-state index is 12.0. The van der Waals surface area contributed by atoms with Crippen LogP contribution in [-0.4, -0.2) is 66.1 Å². The number of nitrogens with one attached hydrogen (secondary N) is 1. The second-order valence-corrected chi connectivity index (χ2v) is 5.06. The van der Waals surface area contributed by atoms with Crippen LogP contribution in [0.5, 0.6) is 0 Å². The van der Waals surface area contributed by atoms with Crippen molar-refractivity contribution >= 4 is 42.5 Å². The normalized spacial score (nSPS) is 25.0. The van der Waals surface area contributed by atoms with Crippen LogP contribution < -0.4 is 5.32 Å². The standard InChI is InChI=1S/C10H19N3OS.2ClH/c1-2-12-3-5-13(6-4-12)10(14)9-7-15-8-11-9;;/h9,11H,2-8H2,1H3;2*1H. The van der Waals surface area contributed by atoms with E-state index >= 15 is 0 Å². The highest BCUT2D eigenvalue weighted by molar-refractivity contribution is 7.99. The van der Waals surface area contributed by atoms with E-state index in [-0.39, 0.29) is 30.9 Å². The zero-order chi connectivity index (χ0) is 10.7. The van der Waals surface area contributed by atoms with Gasteiger partial charge in [0.1, 0.15) is 0 Å². The van der Waals surface area contributed by atoms with E-state index in [1.807, 2.05) is 16.7 Å². The van der Waals surface area contributed by atoms with E-state index in [0.29, 0.717) is 5.91 Å². The highest BCUT2D eigenvalue weighted by Gasteiger charge is 2.28. The first-order chi connectivity index (χ1) is 7.31. The summed E-state index contributed by atoms with van der Waals surface area (Å²) in [4.78, 5) is 16.4. The maximum absolute atomic E-state index is 12.0. The Kier molecular flexibility index (Phi) is 8.59. The van der Waals surface area contributed by atoms with E-state index in [0.717, 1.165) is 44.4 Å². The molecule has 0 saturated carbocycles. The van der Waals surface area contributed by atoms with Crippen molar-refractivity contribution < 1.29 is 4.79 Å². The lowest BCUT2D eigenvalue weighted by Crippen LogP contribution is -2.53. The molecular weight excluding hydrogens is 281 g/mol. The Morgan fingerprint density at radius 1 is 1.29 bits per heavy atom. The third-order valence-electron chi connectivity index (χ3n) is 3.15. The Hall–Kier alpha value is 0.320. The van der Waals surface area contributed by atoms with Gasteiger partial charge in [-0.3, -0.25) is 10.1 Å². The number of hydrogen-bond donors (Lipinski definition) is 1. The number of halogens is 2. The third-order valence-corrected chi connectivity index (χ3v) is 4.09. The summed E-state index contributed by atoms with van der Waals surface area (Å²) in [5.41, 5.74) is 0. The molecule has 1 unspecified atom stereocenters. The second-order valence-electron chi connectivity index (χ2n) is 4.03. The minimum Gasteiger partial charge on any atom is -0.339 e. The second kappa shape index (κ2) is 8.43. The molecule has 0 bridgehead atoms. The van der Waals surface area contributed by atoms with Crippen LogP contribution in [0, 0.1) is 0 Å². The van der Waals surface area contributed by atoms with Crippen LogP contribution in [0.15, 0.2) is 0 Å². The first kappa shape index (κ1) is 17.3. The van der Waals surface area contributed by atoms with Crippen LogP contribution in [0.25, 0.3) is 0 Å². The number of amides is 1. The number of likely N-dealkylation sites (N-methyl/N-ethyl adjacent to an activating group) is 1. The van der Waals surface area contributed by atoms with Crippen molar-refractivity contribution in [3.05, 3.63) is 0 Å². The van der Waals surface area contributed by atoms with Gasteiger partial charge in [-0.15, -0.1) is 36.6 Å². The average Bonchev–Trinajstić information content (AvgIpc) is 2.82. The fourth-order valence-electron chi connectivity index (χ4n) is 2.06. The highest BCUT2D eigenvalue weighted by atomic mass is 35.5. The quantitative estimate of drug-likeness (QED) is 0.813. The number of hydrogen-bond acceptors (Lipinski definition) is 4. The van der Waals surface area contributed by atoms with E-state index < -0.39 is 0 Å². The number of rotatable bonds is 2. The van der Waals surface area contributed by atoms with Crippen LogP contribution in [0.1, 0.15) is 6.92 Å². The Balaban J connectivity index is 0.00000128. The summed E-state index contributed by atoms with van der Waals surface area (Å²) in [7, 11) is 0. The first-order valence-corrected chi connectivity index (χ1v) is 6.79. The molecular formula is C10H21Cl2N3OS. The van der Waals surface area contributed by atoms with Gasteiger partial charge in [0.15, 0.2) is 0 Å². The van der Waals surface area contributed by atoms with E-state index in [1.54, 1.807) is 0 Å². The number of thioether (sulfide) groups is 1. The molecule has 2 saturated heterocycles. The van der Waals surface area contributed by atoms with Crippen molar-refractivity contribution in [2.75, 3.05) is 44.4 Å². The van der Waals surface area contributed by atoms with Crippen molar-refractivity contribution in [1.29, 1.82) is 0 Å². The summed E-state index contributed by atoms with van der Waals surface area (Å²) < 4.78 is 0. The van der Waals surface area contributed by atoms with E-state index in [1.165, 1.54) is 0 Å². The molecule has 1 amide bonds. The van der Waals surface area contributed by atoms with Gasteiger partial charge in [-0.25, -0.2) is 0 Å². The number of nitrogens with zero attached hydrogens (tertiary/aromatic N) is 2. The van der Waals surface area contributed by atoms with Crippen LogP contribution in [0.2, 0.25) is 0 Å². The van der Waals surface area contributed by atoms with E-state index in [9.17, 15) is 4.79 Å². The van der Waals surface area contributed by atoms with Crippen molar-refractivity contribution in [3.8, 4) is 0 Å². The predicted molar refractivity (Wildman–Crippen MR) is 77.4 cm³/mol. The topological polar surface area (TPSA) is 35.6 Å². The van der Waals surface area contributed by atoms with E-state index in [4.69, 9.17) is 0 Å². The van der Waals surface area contributed by atoms with Crippen molar-refractivity contribution in [2.24, 2.45) is 0 Å². The summed E-state index contributed by atoms with van der Waals surface area (Å²) in [6.45, 7) is 7.13. The van der Waals surface area contributed by atoms with Gasteiger partial charge in [0.25, 0.3) is 0 Å². The Morgan fingerprint density at radius 3 is 2.41 bits per heavy atom. The molecule has 1 N–H and O–H groups in total. The van der Waals surface area contributed by atoms with Gasteiger partial charge >= 0.3 is 0 Å². The molecule has 7 heteroatoms. The molecule has 4 nitrogen and oxygen atoms in total. The van der Waals surface area contributed by atoms with Gasteiger partial charge in [-0.2, -0.15) is 0 Å². The number of carbonyl (C=O) groups is 1. The fourth-order valence-corrected chi connectivity index (χ4v) is 2.99. The SMILES string of the molecule is CCN1CCN(C(=O)C2CSCN2)CC1.Cl.Cl. The van der Waals surface area contributed by atoms with Gasteiger partial charge in [-0.1, -0.05) is 6.92 Å². The Morgan fingerprint density at radius 2 is 1.94 bits per heavy atom. The molecule has 17 heavy (non-hydrogen) atoms. The molecule has 0 aromatic carbocycles. The molecule has 2 fully saturated rings.